The van der Waals surface area contributed by atoms with Crippen LogP contribution < -0.4 is 0 Å². The average Bonchev–Trinajstić information content (AvgIpc) is 2.47. The molecule has 3 saturated heterocycles. The van der Waals surface area contributed by atoms with E-state index >= 15 is 0 Å². The zero-order valence-electron chi connectivity index (χ0n) is 10.9. The second-order valence-corrected chi connectivity index (χ2v) is 5.27. The number of nitrogens with zero attached hydrogens (tertiary/aromatic N) is 2. The first-order valence-electron chi connectivity index (χ1n) is 6.87. The number of rotatable bonds is 3. The lowest BCUT2D eigenvalue weighted by Gasteiger charge is -2.46. The molecule has 1 aromatic carbocycles. The van der Waals surface area contributed by atoms with Crippen LogP contribution in [-0.4, -0.2) is 54.3 Å². The molecule has 2 bridgehead atoms. The first-order valence-corrected chi connectivity index (χ1v) is 6.87. The van der Waals surface area contributed by atoms with Crippen molar-refractivity contribution < 1.29 is 4.79 Å². The molecule has 3 heteroatoms. The normalized spacial score (nSPS) is 30.4. The van der Waals surface area contributed by atoms with Crippen LogP contribution in [0.1, 0.15) is 22.8 Å². The average molecular weight is 244 g/mol. The number of fused-ring (bicyclic) bond motifs is 3. The van der Waals surface area contributed by atoms with Crippen LogP contribution in [-0.2, 0) is 6.42 Å². The molecular formula is C15H20N2O. The standard InChI is InChI=1S/C15H20N2O/c1-2-12-4-3-5-13(10-12)15(18)14-11-16-6-8-17(14)9-7-16/h3-5,10,14H,2,6-9,11H2,1H3. The van der Waals surface area contributed by atoms with Gasteiger partial charge in [-0.1, -0.05) is 25.1 Å². The van der Waals surface area contributed by atoms with Crippen molar-refractivity contribution in [3.8, 4) is 0 Å². The Hall–Kier alpha value is -1.19. The van der Waals surface area contributed by atoms with Gasteiger partial charge in [0, 0.05) is 38.3 Å². The second-order valence-electron chi connectivity index (χ2n) is 5.27. The lowest BCUT2D eigenvalue weighted by atomic mass is 9.96. The van der Waals surface area contributed by atoms with Gasteiger partial charge >= 0.3 is 0 Å². The largest absolute Gasteiger partial charge is 0.299 e. The molecule has 96 valence electrons. The summed E-state index contributed by atoms with van der Waals surface area (Å²) in [6, 6.07) is 8.19. The van der Waals surface area contributed by atoms with Gasteiger partial charge in [-0.2, -0.15) is 0 Å². The Balaban J connectivity index is 1.81. The van der Waals surface area contributed by atoms with E-state index < -0.39 is 0 Å². The highest BCUT2D eigenvalue weighted by molar-refractivity contribution is 6.00. The van der Waals surface area contributed by atoms with Gasteiger partial charge in [-0.3, -0.25) is 14.6 Å². The Bertz CT molecular complexity index is 450. The molecule has 3 aliphatic heterocycles. The predicted octanol–water partition coefficient (Wildman–Crippen LogP) is 1.43. The monoisotopic (exact) mass is 244 g/mol. The quantitative estimate of drug-likeness (QED) is 0.752. The van der Waals surface area contributed by atoms with Crippen LogP contribution in [0.5, 0.6) is 0 Å². The molecule has 18 heavy (non-hydrogen) atoms. The minimum atomic E-state index is 0.0830. The van der Waals surface area contributed by atoms with Gasteiger partial charge in [0.1, 0.15) is 0 Å². The first kappa shape index (κ1) is 11.9. The SMILES string of the molecule is CCc1cccc(C(=O)C2CN3CCN2CC3)c1. The van der Waals surface area contributed by atoms with Crippen LogP contribution in [0, 0.1) is 0 Å². The van der Waals surface area contributed by atoms with E-state index in [0.29, 0.717) is 5.78 Å². The van der Waals surface area contributed by atoms with Crippen molar-refractivity contribution in [1.29, 1.82) is 0 Å². The van der Waals surface area contributed by atoms with E-state index in [0.717, 1.165) is 44.7 Å². The van der Waals surface area contributed by atoms with Crippen LogP contribution in [0.25, 0.3) is 0 Å². The minimum Gasteiger partial charge on any atom is -0.299 e. The molecule has 1 unspecified atom stereocenters. The maximum atomic E-state index is 12.6. The second kappa shape index (κ2) is 4.82. The molecule has 0 radical (unpaired) electrons. The highest BCUT2D eigenvalue weighted by atomic mass is 16.1. The summed E-state index contributed by atoms with van der Waals surface area (Å²) in [7, 11) is 0. The molecule has 0 N–H and O–H groups in total. The van der Waals surface area contributed by atoms with E-state index in [2.05, 4.69) is 28.9 Å². The number of ketones is 1. The molecular weight excluding hydrogens is 224 g/mol. The van der Waals surface area contributed by atoms with E-state index in [-0.39, 0.29) is 6.04 Å². The molecule has 3 heterocycles. The third kappa shape index (κ3) is 2.08. The number of benzene rings is 1. The van der Waals surface area contributed by atoms with Crippen LogP contribution >= 0.6 is 0 Å². The number of hydrogen-bond acceptors (Lipinski definition) is 3. The maximum absolute atomic E-state index is 12.6. The van der Waals surface area contributed by atoms with E-state index in [1.807, 2.05) is 12.1 Å². The number of carbonyl (C=O) groups excluding carboxylic acids is 1. The van der Waals surface area contributed by atoms with Gasteiger partial charge in [-0.05, 0) is 18.1 Å². The topological polar surface area (TPSA) is 23.6 Å². The van der Waals surface area contributed by atoms with Crippen molar-refractivity contribution in [3.05, 3.63) is 35.4 Å². The van der Waals surface area contributed by atoms with Gasteiger partial charge in [0.2, 0.25) is 0 Å². The van der Waals surface area contributed by atoms with Crippen molar-refractivity contribution in [1.82, 2.24) is 9.80 Å². The molecule has 3 nitrogen and oxygen atoms in total. The zero-order valence-corrected chi connectivity index (χ0v) is 10.9. The van der Waals surface area contributed by atoms with Crippen molar-refractivity contribution in [2.75, 3.05) is 32.7 Å². The lowest BCUT2D eigenvalue weighted by Crippen LogP contribution is -2.63. The number of hydrogen-bond donors (Lipinski definition) is 0. The number of Topliss-reactive ketones (excluding diaryl/α,β-unsaturated/α-hetero) is 1. The highest BCUT2D eigenvalue weighted by Crippen LogP contribution is 2.20. The zero-order chi connectivity index (χ0) is 12.5. The minimum absolute atomic E-state index is 0.0830. The summed E-state index contributed by atoms with van der Waals surface area (Å²) in [6.45, 7) is 7.38. The predicted molar refractivity (Wildman–Crippen MR) is 72.0 cm³/mol. The number of piperazine rings is 3. The summed E-state index contributed by atoms with van der Waals surface area (Å²) in [5.41, 5.74) is 2.13. The molecule has 0 aromatic heterocycles. The molecule has 0 saturated carbocycles. The fourth-order valence-electron chi connectivity index (χ4n) is 3.00. The van der Waals surface area contributed by atoms with Crippen LogP contribution in [0.2, 0.25) is 0 Å². The van der Waals surface area contributed by atoms with Crippen LogP contribution in [0.4, 0.5) is 0 Å². The summed E-state index contributed by atoms with van der Waals surface area (Å²) in [5, 5.41) is 0. The Kier molecular flexibility index (Phi) is 3.18. The third-order valence-electron chi connectivity index (χ3n) is 4.20. The summed E-state index contributed by atoms with van der Waals surface area (Å²) in [6.07, 6.45) is 0.988. The smallest absolute Gasteiger partial charge is 0.181 e. The van der Waals surface area contributed by atoms with E-state index in [4.69, 9.17) is 0 Å². The van der Waals surface area contributed by atoms with E-state index in [1.165, 1.54) is 5.56 Å². The Labute approximate surface area is 108 Å². The fraction of sp³-hybridized carbons (Fsp3) is 0.533. The van der Waals surface area contributed by atoms with Gasteiger partial charge in [-0.25, -0.2) is 0 Å². The van der Waals surface area contributed by atoms with Gasteiger partial charge in [0.25, 0.3) is 0 Å². The van der Waals surface area contributed by atoms with Gasteiger partial charge in [0.15, 0.2) is 5.78 Å². The highest BCUT2D eigenvalue weighted by Gasteiger charge is 2.36. The van der Waals surface area contributed by atoms with Crippen molar-refractivity contribution in [3.63, 3.8) is 0 Å². The Morgan fingerprint density at radius 2 is 2.06 bits per heavy atom. The summed E-state index contributed by atoms with van der Waals surface area (Å²) in [4.78, 5) is 17.3. The summed E-state index contributed by atoms with van der Waals surface area (Å²) < 4.78 is 0. The maximum Gasteiger partial charge on any atom is 0.181 e. The van der Waals surface area contributed by atoms with E-state index in [9.17, 15) is 4.79 Å². The lowest BCUT2D eigenvalue weighted by molar-refractivity contribution is 0.0159. The first-order chi connectivity index (χ1) is 8.78. The van der Waals surface area contributed by atoms with E-state index in [1.54, 1.807) is 0 Å². The fourth-order valence-corrected chi connectivity index (χ4v) is 3.00. The van der Waals surface area contributed by atoms with Crippen molar-refractivity contribution >= 4 is 5.78 Å². The number of aryl methyl sites for hydroxylation is 1. The Morgan fingerprint density at radius 1 is 1.28 bits per heavy atom. The molecule has 1 aromatic rings. The molecule has 0 amide bonds. The molecule has 3 fully saturated rings. The van der Waals surface area contributed by atoms with Crippen LogP contribution in [0.15, 0.2) is 24.3 Å². The van der Waals surface area contributed by atoms with Gasteiger partial charge in [0.05, 0.1) is 6.04 Å². The van der Waals surface area contributed by atoms with Gasteiger partial charge in [-0.15, -0.1) is 0 Å². The van der Waals surface area contributed by atoms with Crippen LogP contribution in [0.3, 0.4) is 0 Å². The molecule has 1 atom stereocenters. The van der Waals surface area contributed by atoms with Gasteiger partial charge < -0.3 is 0 Å². The molecule has 0 aliphatic carbocycles. The van der Waals surface area contributed by atoms with Crippen molar-refractivity contribution in [2.24, 2.45) is 0 Å². The molecule has 3 aliphatic rings. The molecule has 4 rings (SSSR count). The molecule has 0 spiro atoms. The summed E-state index contributed by atoms with van der Waals surface area (Å²) in [5.74, 6) is 0.301. The third-order valence-corrected chi connectivity index (χ3v) is 4.20. The van der Waals surface area contributed by atoms with Crippen molar-refractivity contribution in [2.45, 2.75) is 19.4 Å². The Morgan fingerprint density at radius 3 is 2.67 bits per heavy atom. The number of carbonyl (C=O) groups is 1. The summed E-state index contributed by atoms with van der Waals surface area (Å²) >= 11 is 0.